The smallest absolute Gasteiger partial charge is 0.298 e. The first-order valence-electron chi connectivity index (χ1n) is 6.53. The molecular formula is C15H12ClN5O2. The van der Waals surface area contributed by atoms with Crippen LogP contribution in [-0.2, 0) is 4.84 Å². The van der Waals surface area contributed by atoms with E-state index < -0.39 is 6.09 Å². The molecule has 23 heavy (non-hydrogen) atoms. The molecule has 0 spiro atoms. The van der Waals surface area contributed by atoms with Crippen LogP contribution in [0.1, 0.15) is 12.5 Å². The highest BCUT2D eigenvalue weighted by Crippen LogP contribution is 2.20. The van der Waals surface area contributed by atoms with Crippen molar-refractivity contribution in [3.63, 3.8) is 0 Å². The van der Waals surface area contributed by atoms with Crippen molar-refractivity contribution in [2.75, 3.05) is 5.32 Å². The Balaban J connectivity index is 2.07. The number of carbonyl (C=O) groups is 1. The highest BCUT2D eigenvalue weighted by molar-refractivity contribution is 6.30. The average Bonchev–Trinajstić information content (AvgIpc) is 2.53. The quantitative estimate of drug-likeness (QED) is 0.207. The van der Waals surface area contributed by atoms with Crippen molar-refractivity contribution >= 4 is 34.8 Å². The van der Waals surface area contributed by atoms with Crippen LogP contribution in [0.15, 0.2) is 58.8 Å². The van der Waals surface area contributed by atoms with Gasteiger partial charge >= 0.3 is 6.09 Å². The van der Waals surface area contributed by atoms with Gasteiger partial charge in [-0.25, -0.2) is 4.79 Å². The Bertz CT molecular complexity index is 800. The molecule has 0 aliphatic rings. The van der Waals surface area contributed by atoms with E-state index in [-0.39, 0.29) is 0 Å². The lowest BCUT2D eigenvalue weighted by Crippen LogP contribution is -2.11. The van der Waals surface area contributed by atoms with Crippen molar-refractivity contribution in [1.29, 1.82) is 0 Å². The number of benzene rings is 2. The van der Waals surface area contributed by atoms with E-state index in [9.17, 15) is 4.79 Å². The summed E-state index contributed by atoms with van der Waals surface area (Å²) < 4.78 is 0. The fourth-order valence-corrected chi connectivity index (χ4v) is 1.97. The normalized spacial score (nSPS) is 10.6. The summed E-state index contributed by atoms with van der Waals surface area (Å²) >= 11 is 5.82. The van der Waals surface area contributed by atoms with Gasteiger partial charge in [0.05, 0.1) is 5.71 Å². The molecule has 0 fully saturated rings. The van der Waals surface area contributed by atoms with Crippen molar-refractivity contribution in [2.24, 2.45) is 10.3 Å². The molecule has 8 heteroatoms. The molecule has 2 aromatic carbocycles. The monoisotopic (exact) mass is 329 g/mol. The van der Waals surface area contributed by atoms with Crippen molar-refractivity contribution in [3.8, 4) is 0 Å². The van der Waals surface area contributed by atoms with Crippen LogP contribution in [0.4, 0.5) is 16.2 Å². The molecule has 2 aromatic rings. The maximum absolute atomic E-state index is 11.7. The summed E-state index contributed by atoms with van der Waals surface area (Å²) in [5, 5.41) is 10.3. The zero-order valence-electron chi connectivity index (χ0n) is 12.1. The number of nitrogens with zero attached hydrogens (tertiary/aromatic N) is 4. The van der Waals surface area contributed by atoms with Gasteiger partial charge in [-0.05, 0) is 30.7 Å². The minimum Gasteiger partial charge on any atom is -0.298 e. The minimum absolute atomic E-state index is 0.397. The number of rotatable bonds is 4. The van der Waals surface area contributed by atoms with E-state index >= 15 is 0 Å². The van der Waals surface area contributed by atoms with Crippen LogP contribution in [0.3, 0.4) is 0 Å². The Labute approximate surface area is 137 Å². The van der Waals surface area contributed by atoms with Crippen molar-refractivity contribution in [3.05, 3.63) is 69.6 Å². The predicted molar refractivity (Wildman–Crippen MR) is 89.0 cm³/mol. The fraction of sp³-hybridized carbons (Fsp3) is 0.0667. The van der Waals surface area contributed by atoms with Gasteiger partial charge in [0, 0.05) is 26.9 Å². The van der Waals surface area contributed by atoms with Gasteiger partial charge in [-0.1, -0.05) is 52.2 Å². The maximum atomic E-state index is 11.7. The van der Waals surface area contributed by atoms with Crippen LogP contribution in [0.2, 0.25) is 5.02 Å². The molecule has 1 N–H and O–H groups in total. The summed E-state index contributed by atoms with van der Waals surface area (Å²) in [6.45, 7) is 1.64. The van der Waals surface area contributed by atoms with E-state index in [0.717, 1.165) is 0 Å². The van der Waals surface area contributed by atoms with Gasteiger partial charge in [-0.3, -0.25) is 10.2 Å². The Morgan fingerprint density at radius 1 is 1.26 bits per heavy atom. The highest BCUT2D eigenvalue weighted by Gasteiger charge is 2.07. The molecule has 0 aromatic heterocycles. The molecule has 0 aliphatic heterocycles. The summed E-state index contributed by atoms with van der Waals surface area (Å²) in [4.78, 5) is 19.2. The number of azide groups is 1. The zero-order chi connectivity index (χ0) is 16.7. The standard InChI is InChI=1S/C15H12ClN5O2/c1-10(13-7-2-3-8-14(13)19-21-17)20-23-15(22)18-12-6-4-5-11(16)9-12/h2-9H,1H3,(H,18,22)/b20-10-. The Morgan fingerprint density at radius 3 is 2.78 bits per heavy atom. The molecule has 0 bridgehead atoms. The van der Waals surface area contributed by atoms with Gasteiger partial charge in [-0.15, -0.1) is 0 Å². The molecule has 0 unspecified atom stereocenters. The third-order valence-corrected chi connectivity index (χ3v) is 3.02. The van der Waals surface area contributed by atoms with E-state index in [1.54, 1.807) is 55.5 Å². The number of oxime groups is 1. The lowest BCUT2D eigenvalue weighted by molar-refractivity contribution is 0.166. The second-order valence-corrected chi connectivity index (χ2v) is 4.83. The number of nitrogens with one attached hydrogen (secondary N) is 1. The largest absolute Gasteiger partial charge is 0.437 e. The van der Waals surface area contributed by atoms with E-state index in [1.165, 1.54) is 0 Å². The summed E-state index contributed by atoms with van der Waals surface area (Å²) in [6, 6.07) is 13.5. The first-order valence-corrected chi connectivity index (χ1v) is 6.90. The molecule has 0 radical (unpaired) electrons. The molecule has 0 atom stereocenters. The zero-order valence-corrected chi connectivity index (χ0v) is 12.9. The lowest BCUT2D eigenvalue weighted by Gasteiger charge is -2.05. The summed E-state index contributed by atoms with van der Waals surface area (Å²) in [5.41, 5.74) is 10.4. The molecular weight excluding hydrogens is 318 g/mol. The molecule has 2 rings (SSSR count). The topological polar surface area (TPSA) is 99.5 Å². The minimum atomic E-state index is -0.757. The van der Waals surface area contributed by atoms with Crippen LogP contribution in [0.25, 0.3) is 10.4 Å². The van der Waals surface area contributed by atoms with Crippen LogP contribution < -0.4 is 5.32 Å². The van der Waals surface area contributed by atoms with E-state index in [2.05, 4.69) is 20.5 Å². The third-order valence-electron chi connectivity index (χ3n) is 2.78. The van der Waals surface area contributed by atoms with Gasteiger partial charge in [-0.2, -0.15) is 0 Å². The lowest BCUT2D eigenvalue weighted by atomic mass is 10.1. The van der Waals surface area contributed by atoms with Crippen LogP contribution in [0.5, 0.6) is 0 Å². The third kappa shape index (κ3) is 4.74. The SMILES string of the molecule is C/C(=N/OC(=O)Nc1cccc(Cl)c1)c1ccccc1N=[N+]=[N-]. The summed E-state index contributed by atoms with van der Waals surface area (Å²) in [6.07, 6.45) is -0.757. The highest BCUT2D eigenvalue weighted by atomic mass is 35.5. The number of hydrogen-bond acceptors (Lipinski definition) is 4. The van der Waals surface area contributed by atoms with Gasteiger partial charge in [0.2, 0.25) is 0 Å². The molecule has 0 saturated heterocycles. The molecule has 1 amide bonds. The summed E-state index contributed by atoms with van der Waals surface area (Å²) in [5.74, 6) is 0. The van der Waals surface area contributed by atoms with Crippen LogP contribution in [0, 0.1) is 0 Å². The van der Waals surface area contributed by atoms with Crippen molar-refractivity contribution < 1.29 is 9.63 Å². The molecule has 7 nitrogen and oxygen atoms in total. The van der Waals surface area contributed by atoms with E-state index in [0.29, 0.717) is 27.7 Å². The fourth-order valence-electron chi connectivity index (χ4n) is 1.78. The Hall–Kier alpha value is -3.02. The first kappa shape index (κ1) is 16.4. The van der Waals surface area contributed by atoms with Gasteiger partial charge in [0.25, 0.3) is 0 Å². The molecule has 0 saturated carbocycles. The van der Waals surface area contributed by atoms with Crippen molar-refractivity contribution in [1.82, 2.24) is 0 Å². The summed E-state index contributed by atoms with van der Waals surface area (Å²) in [7, 11) is 0. The average molecular weight is 330 g/mol. The second-order valence-electron chi connectivity index (χ2n) is 4.40. The van der Waals surface area contributed by atoms with Crippen LogP contribution >= 0.6 is 11.6 Å². The van der Waals surface area contributed by atoms with E-state index in [4.69, 9.17) is 22.0 Å². The van der Waals surface area contributed by atoms with E-state index in [1.807, 2.05) is 0 Å². The number of amides is 1. The Kier molecular flexibility index (Phi) is 5.57. The predicted octanol–water partition coefficient (Wildman–Crippen LogP) is 5.25. The number of hydrogen-bond donors (Lipinski definition) is 1. The molecule has 0 aliphatic carbocycles. The second kappa shape index (κ2) is 7.84. The Morgan fingerprint density at radius 2 is 2.04 bits per heavy atom. The maximum Gasteiger partial charge on any atom is 0.437 e. The van der Waals surface area contributed by atoms with Gasteiger partial charge < -0.3 is 0 Å². The number of halogens is 1. The number of carbonyl (C=O) groups excluding carboxylic acids is 1. The molecule has 116 valence electrons. The molecule has 0 heterocycles. The first-order chi connectivity index (χ1) is 11.1. The van der Waals surface area contributed by atoms with Gasteiger partial charge in [0.15, 0.2) is 0 Å². The van der Waals surface area contributed by atoms with Crippen molar-refractivity contribution in [2.45, 2.75) is 6.92 Å². The van der Waals surface area contributed by atoms with Gasteiger partial charge in [0.1, 0.15) is 0 Å². The number of anilines is 1. The van der Waals surface area contributed by atoms with Crippen LogP contribution in [-0.4, -0.2) is 11.8 Å².